The van der Waals surface area contributed by atoms with E-state index in [2.05, 4.69) is 11.9 Å². The lowest BCUT2D eigenvalue weighted by Gasteiger charge is -2.07. The highest BCUT2D eigenvalue weighted by Gasteiger charge is 2.14. The number of aliphatic hydroxyl groups excluding tert-OH is 1. The molecule has 3 heteroatoms. The van der Waals surface area contributed by atoms with Gasteiger partial charge in [-0.15, -0.1) is 0 Å². The molecule has 0 bridgehead atoms. The molecule has 1 rings (SSSR count). The molecule has 0 aliphatic rings. The molecule has 1 aromatic rings. The molecule has 0 fully saturated rings. The number of aromatic nitrogens is 1. The van der Waals surface area contributed by atoms with Gasteiger partial charge in [-0.2, -0.15) is 0 Å². The Hall–Kier alpha value is -1.22. The van der Waals surface area contributed by atoms with E-state index in [1.165, 1.54) is 0 Å². The molecule has 0 spiro atoms. The summed E-state index contributed by atoms with van der Waals surface area (Å²) in [5.74, 6) is -0.140. The van der Waals surface area contributed by atoms with Gasteiger partial charge in [0.1, 0.15) is 6.10 Å². The van der Waals surface area contributed by atoms with E-state index in [0.29, 0.717) is 6.42 Å². The third-order valence-corrected chi connectivity index (χ3v) is 2.58. The lowest BCUT2D eigenvalue weighted by molar-refractivity contribution is -0.126. The molecule has 1 unspecified atom stereocenters. The molecule has 0 saturated carbocycles. The van der Waals surface area contributed by atoms with Gasteiger partial charge in [-0.3, -0.25) is 9.78 Å². The fourth-order valence-electron chi connectivity index (χ4n) is 1.50. The van der Waals surface area contributed by atoms with Crippen molar-refractivity contribution in [2.75, 3.05) is 0 Å². The van der Waals surface area contributed by atoms with Crippen molar-refractivity contribution in [2.24, 2.45) is 0 Å². The third-order valence-electron chi connectivity index (χ3n) is 2.58. The van der Waals surface area contributed by atoms with Crippen LogP contribution in [0.25, 0.3) is 0 Å². The standard InChI is InChI=1S/C13H19NO2/c1-3-5-12(15)13(16)8-11-7-6-10(4-2)9-14-11/h6-7,9,12,15H,3-5,8H2,1-2H3. The van der Waals surface area contributed by atoms with Crippen LogP contribution < -0.4 is 0 Å². The fraction of sp³-hybridized carbons (Fsp3) is 0.538. The molecule has 1 aromatic heterocycles. The highest BCUT2D eigenvalue weighted by molar-refractivity contribution is 5.84. The van der Waals surface area contributed by atoms with Gasteiger partial charge in [0.05, 0.1) is 6.42 Å². The van der Waals surface area contributed by atoms with Crippen molar-refractivity contribution in [3.05, 3.63) is 29.6 Å². The van der Waals surface area contributed by atoms with Crippen LogP contribution in [-0.4, -0.2) is 22.0 Å². The molecular formula is C13H19NO2. The molecule has 0 radical (unpaired) electrons. The van der Waals surface area contributed by atoms with E-state index < -0.39 is 6.10 Å². The molecule has 0 aliphatic heterocycles. The summed E-state index contributed by atoms with van der Waals surface area (Å²) in [5, 5.41) is 9.50. The Balaban J connectivity index is 2.55. The van der Waals surface area contributed by atoms with Gasteiger partial charge in [-0.25, -0.2) is 0 Å². The van der Waals surface area contributed by atoms with E-state index in [4.69, 9.17) is 0 Å². The lowest BCUT2D eigenvalue weighted by Crippen LogP contribution is -2.22. The molecule has 1 heterocycles. The smallest absolute Gasteiger partial charge is 0.167 e. The van der Waals surface area contributed by atoms with E-state index in [0.717, 1.165) is 24.1 Å². The summed E-state index contributed by atoms with van der Waals surface area (Å²) in [6, 6.07) is 3.83. The van der Waals surface area contributed by atoms with Crippen LogP contribution in [-0.2, 0) is 17.6 Å². The van der Waals surface area contributed by atoms with Gasteiger partial charge in [0.25, 0.3) is 0 Å². The first kappa shape index (κ1) is 12.8. The Morgan fingerprint density at radius 1 is 1.44 bits per heavy atom. The summed E-state index contributed by atoms with van der Waals surface area (Å²) in [5.41, 5.74) is 1.89. The van der Waals surface area contributed by atoms with Crippen LogP contribution in [0, 0.1) is 0 Å². The zero-order valence-corrected chi connectivity index (χ0v) is 9.94. The third kappa shape index (κ3) is 3.74. The maximum absolute atomic E-state index is 11.6. The van der Waals surface area contributed by atoms with E-state index in [9.17, 15) is 9.90 Å². The molecule has 3 nitrogen and oxygen atoms in total. The number of nitrogens with zero attached hydrogens (tertiary/aromatic N) is 1. The van der Waals surface area contributed by atoms with Gasteiger partial charge in [0.15, 0.2) is 5.78 Å². The minimum atomic E-state index is -0.836. The number of rotatable bonds is 6. The molecule has 1 atom stereocenters. The summed E-state index contributed by atoms with van der Waals surface area (Å²) in [7, 11) is 0. The van der Waals surface area contributed by atoms with Crippen molar-refractivity contribution < 1.29 is 9.90 Å². The predicted molar refractivity (Wildman–Crippen MR) is 63.2 cm³/mol. The van der Waals surface area contributed by atoms with Gasteiger partial charge in [0, 0.05) is 11.9 Å². The maximum Gasteiger partial charge on any atom is 0.167 e. The van der Waals surface area contributed by atoms with Crippen LogP contribution in [0.3, 0.4) is 0 Å². The Kier molecular flexibility index (Phi) is 5.12. The second-order valence-electron chi connectivity index (χ2n) is 3.96. The molecule has 0 aliphatic carbocycles. The number of hydrogen-bond acceptors (Lipinski definition) is 3. The monoisotopic (exact) mass is 221 g/mol. The summed E-state index contributed by atoms with van der Waals surface area (Å²) in [4.78, 5) is 15.8. The highest BCUT2D eigenvalue weighted by Crippen LogP contribution is 2.05. The zero-order valence-electron chi connectivity index (χ0n) is 9.94. The molecule has 0 aromatic carbocycles. The van der Waals surface area contributed by atoms with Crippen LogP contribution in [0.5, 0.6) is 0 Å². The van der Waals surface area contributed by atoms with Crippen molar-refractivity contribution >= 4 is 5.78 Å². The maximum atomic E-state index is 11.6. The number of carbonyl (C=O) groups excluding carboxylic acids is 1. The summed E-state index contributed by atoms with van der Waals surface area (Å²) in [6.45, 7) is 4.01. The normalized spacial score (nSPS) is 12.4. The highest BCUT2D eigenvalue weighted by atomic mass is 16.3. The van der Waals surface area contributed by atoms with Crippen molar-refractivity contribution in [3.8, 4) is 0 Å². The largest absolute Gasteiger partial charge is 0.385 e. The van der Waals surface area contributed by atoms with Crippen molar-refractivity contribution in [1.29, 1.82) is 0 Å². The second-order valence-corrected chi connectivity index (χ2v) is 3.96. The number of Topliss-reactive ketones (excluding diaryl/α,β-unsaturated/α-hetero) is 1. The number of ketones is 1. The Labute approximate surface area is 96.5 Å². The topological polar surface area (TPSA) is 50.2 Å². The first-order valence-corrected chi connectivity index (χ1v) is 5.82. The number of hydrogen-bond donors (Lipinski definition) is 1. The molecule has 0 amide bonds. The molecule has 0 saturated heterocycles. The number of pyridine rings is 1. The first-order chi connectivity index (χ1) is 7.67. The lowest BCUT2D eigenvalue weighted by atomic mass is 10.1. The van der Waals surface area contributed by atoms with Crippen LogP contribution >= 0.6 is 0 Å². The zero-order chi connectivity index (χ0) is 12.0. The van der Waals surface area contributed by atoms with Crippen LogP contribution in [0.2, 0.25) is 0 Å². The average Bonchev–Trinajstić information content (AvgIpc) is 2.30. The van der Waals surface area contributed by atoms with E-state index in [-0.39, 0.29) is 12.2 Å². The first-order valence-electron chi connectivity index (χ1n) is 5.82. The summed E-state index contributed by atoms with van der Waals surface area (Å²) < 4.78 is 0. The van der Waals surface area contributed by atoms with E-state index in [1.54, 1.807) is 6.20 Å². The molecule has 88 valence electrons. The number of carbonyl (C=O) groups is 1. The van der Waals surface area contributed by atoms with Crippen LogP contribution in [0.4, 0.5) is 0 Å². The van der Waals surface area contributed by atoms with Gasteiger partial charge in [-0.05, 0) is 24.5 Å². The van der Waals surface area contributed by atoms with Crippen molar-refractivity contribution in [2.45, 2.75) is 45.6 Å². The SMILES string of the molecule is CCCC(O)C(=O)Cc1ccc(CC)cn1. The van der Waals surface area contributed by atoms with Gasteiger partial charge in [-0.1, -0.05) is 26.3 Å². The number of aliphatic hydroxyl groups is 1. The quantitative estimate of drug-likeness (QED) is 0.798. The fourth-order valence-corrected chi connectivity index (χ4v) is 1.50. The molecule has 1 N–H and O–H groups in total. The molecular weight excluding hydrogens is 202 g/mol. The van der Waals surface area contributed by atoms with Crippen LogP contribution in [0.1, 0.15) is 37.9 Å². The second kappa shape index (κ2) is 6.38. The van der Waals surface area contributed by atoms with Gasteiger partial charge >= 0.3 is 0 Å². The van der Waals surface area contributed by atoms with Gasteiger partial charge in [0.2, 0.25) is 0 Å². The van der Waals surface area contributed by atoms with Crippen LogP contribution in [0.15, 0.2) is 18.3 Å². The summed E-state index contributed by atoms with van der Waals surface area (Å²) >= 11 is 0. The number of aryl methyl sites for hydroxylation is 1. The Morgan fingerprint density at radius 2 is 2.19 bits per heavy atom. The van der Waals surface area contributed by atoms with Gasteiger partial charge < -0.3 is 5.11 Å². The Bertz CT molecular complexity index is 332. The van der Waals surface area contributed by atoms with Crippen molar-refractivity contribution in [3.63, 3.8) is 0 Å². The van der Waals surface area contributed by atoms with E-state index >= 15 is 0 Å². The average molecular weight is 221 g/mol. The van der Waals surface area contributed by atoms with Crippen molar-refractivity contribution in [1.82, 2.24) is 4.98 Å². The van der Waals surface area contributed by atoms with E-state index in [1.807, 2.05) is 19.1 Å². The minimum Gasteiger partial charge on any atom is -0.385 e. The Morgan fingerprint density at radius 3 is 2.69 bits per heavy atom. The predicted octanol–water partition coefficient (Wildman–Crippen LogP) is 1.92. The molecule has 16 heavy (non-hydrogen) atoms. The summed E-state index contributed by atoms with van der Waals surface area (Å²) in [6.07, 6.45) is 3.47. The minimum absolute atomic E-state index is 0.140.